The number of hydrogen-bond acceptors (Lipinski definition) is 3. The lowest BCUT2D eigenvalue weighted by Crippen LogP contribution is -2.52. The molecule has 1 aliphatic rings. The smallest absolute Gasteiger partial charge is 0.244 e. The zero-order valence-electron chi connectivity index (χ0n) is 14.2. The van der Waals surface area contributed by atoms with E-state index in [1.54, 1.807) is 4.90 Å². The number of hydrogen-bond donors (Lipinski definition) is 2. The van der Waals surface area contributed by atoms with Crippen molar-refractivity contribution in [2.45, 2.75) is 26.8 Å². The molecule has 1 fully saturated rings. The van der Waals surface area contributed by atoms with E-state index in [1.807, 2.05) is 20.8 Å². The van der Waals surface area contributed by atoms with Crippen LogP contribution in [-0.2, 0) is 9.59 Å². The molecule has 1 aromatic rings. The lowest BCUT2D eigenvalue weighted by atomic mass is 9.87. The molecule has 0 bridgehead atoms. The van der Waals surface area contributed by atoms with Gasteiger partial charge in [0.1, 0.15) is 12.4 Å². The number of rotatable bonds is 6. The van der Waals surface area contributed by atoms with Gasteiger partial charge in [0, 0.05) is 17.6 Å². The monoisotopic (exact) mass is 357 g/mol. The second-order valence-corrected chi connectivity index (χ2v) is 6.32. The average molecular weight is 358 g/mol. The summed E-state index contributed by atoms with van der Waals surface area (Å²) < 4.78 is 12.9. The topological polar surface area (TPSA) is 61.4 Å². The summed E-state index contributed by atoms with van der Waals surface area (Å²) in [5.41, 5.74) is 0.517. The molecule has 2 rings (SSSR count). The Labute approximate surface area is 148 Å². The van der Waals surface area contributed by atoms with Gasteiger partial charge < -0.3 is 15.5 Å². The quantitative estimate of drug-likeness (QED) is 0.821. The molecule has 0 saturated carbocycles. The maximum atomic E-state index is 12.9. The van der Waals surface area contributed by atoms with Crippen LogP contribution in [0.1, 0.15) is 20.8 Å². The molecule has 1 saturated heterocycles. The number of halogens is 2. The number of nitrogens with zero attached hydrogens (tertiary/aromatic N) is 1. The largest absolute Gasteiger partial charge is 0.331 e. The predicted molar refractivity (Wildman–Crippen MR) is 94.7 cm³/mol. The minimum Gasteiger partial charge on any atom is -0.331 e. The first-order valence-corrected chi connectivity index (χ1v) is 7.95. The van der Waals surface area contributed by atoms with E-state index < -0.39 is 0 Å². The molecule has 0 aromatic heterocycles. The molecule has 1 unspecified atom stereocenters. The fourth-order valence-electron chi connectivity index (χ4n) is 2.53. The molecule has 24 heavy (non-hydrogen) atoms. The van der Waals surface area contributed by atoms with Gasteiger partial charge in [0.05, 0.1) is 0 Å². The fraction of sp³-hybridized carbons (Fsp3) is 0.529. The predicted octanol–water partition coefficient (Wildman–Crippen LogP) is 2.28. The number of amides is 2. The van der Waals surface area contributed by atoms with Crippen molar-refractivity contribution in [2.24, 2.45) is 11.8 Å². The molecule has 1 aliphatic heterocycles. The van der Waals surface area contributed by atoms with Crippen molar-refractivity contribution in [3.63, 3.8) is 0 Å². The molecule has 0 radical (unpaired) electrons. The summed E-state index contributed by atoms with van der Waals surface area (Å²) in [6.45, 7) is 7.41. The number of carbonyl (C=O) groups excluding carboxylic acids is 2. The summed E-state index contributed by atoms with van der Waals surface area (Å²) in [7, 11) is 0. The number of nitrogens with one attached hydrogen (secondary N) is 2. The van der Waals surface area contributed by atoms with Crippen LogP contribution < -0.4 is 10.6 Å². The molecule has 0 spiro atoms. The Kier molecular flexibility index (Phi) is 7.63. The van der Waals surface area contributed by atoms with E-state index >= 15 is 0 Å². The van der Waals surface area contributed by atoms with E-state index in [9.17, 15) is 14.0 Å². The van der Waals surface area contributed by atoms with Crippen LogP contribution in [-0.4, -0.2) is 42.4 Å². The highest BCUT2D eigenvalue weighted by molar-refractivity contribution is 5.94. The third kappa shape index (κ3) is 5.18. The summed E-state index contributed by atoms with van der Waals surface area (Å²) in [5, 5.41) is 5.86. The first-order chi connectivity index (χ1) is 10.9. The number of benzene rings is 1. The van der Waals surface area contributed by atoms with Gasteiger partial charge in [-0.2, -0.15) is 0 Å². The molecule has 1 aromatic carbocycles. The lowest BCUT2D eigenvalue weighted by Gasteiger charge is -2.36. The van der Waals surface area contributed by atoms with Crippen LogP contribution in [0.4, 0.5) is 10.1 Å². The Morgan fingerprint density at radius 1 is 1.25 bits per heavy atom. The van der Waals surface area contributed by atoms with Crippen LogP contribution in [0, 0.1) is 17.7 Å². The van der Waals surface area contributed by atoms with Crippen LogP contribution in [0.25, 0.3) is 0 Å². The zero-order valence-corrected chi connectivity index (χ0v) is 15.0. The summed E-state index contributed by atoms with van der Waals surface area (Å²) in [6, 6.07) is 5.51. The second kappa shape index (κ2) is 8.99. The van der Waals surface area contributed by atoms with E-state index in [1.165, 1.54) is 24.3 Å². The first kappa shape index (κ1) is 20.4. The van der Waals surface area contributed by atoms with E-state index in [0.29, 0.717) is 11.6 Å². The Balaban J connectivity index is 0.00000288. The van der Waals surface area contributed by atoms with Crippen LogP contribution >= 0.6 is 12.4 Å². The van der Waals surface area contributed by atoms with Gasteiger partial charge in [-0.25, -0.2) is 4.39 Å². The van der Waals surface area contributed by atoms with Crippen LogP contribution in [0.5, 0.6) is 0 Å². The van der Waals surface area contributed by atoms with Gasteiger partial charge >= 0.3 is 0 Å². The third-order valence-corrected chi connectivity index (χ3v) is 4.26. The minimum atomic E-state index is -0.357. The molecule has 1 atom stereocenters. The molecule has 7 heteroatoms. The fourth-order valence-corrected chi connectivity index (χ4v) is 2.53. The van der Waals surface area contributed by atoms with Gasteiger partial charge in [-0.15, -0.1) is 12.4 Å². The van der Waals surface area contributed by atoms with Gasteiger partial charge in [-0.1, -0.05) is 6.92 Å². The summed E-state index contributed by atoms with van der Waals surface area (Å²) in [5.74, 6) is -0.399. The third-order valence-electron chi connectivity index (χ3n) is 4.26. The van der Waals surface area contributed by atoms with Crippen molar-refractivity contribution in [1.29, 1.82) is 0 Å². The maximum Gasteiger partial charge on any atom is 0.244 e. The van der Waals surface area contributed by atoms with Gasteiger partial charge in [0.15, 0.2) is 0 Å². The van der Waals surface area contributed by atoms with Crippen molar-refractivity contribution in [2.75, 3.05) is 25.0 Å². The minimum absolute atomic E-state index is 0. The van der Waals surface area contributed by atoms with Gasteiger partial charge in [-0.05, 0) is 57.1 Å². The molecule has 2 N–H and O–H groups in total. The molecule has 2 amide bonds. The summed E-state index contributed by atoms with van der Waals surface area (Å²) in [6.07, 6.45) is 0. The van der Waals surface area contributed by atoms with Gasteiger partial charge in [-0.3, -0.25) is 9.59 Å². The van der Waals surface area contributed by atoms with Crippen molar-refractivity contribution in [3.8, 4) is 0 Å². The molecule has 1 heterocycles. The lowest BCUT2D eigenvalue weighted by molar-refractivity contribution is -0.141. The Morgan fingerprint density at radius 3 is 2.29 bits per heavy atom. The SMILES string of the molecule is CC(C(=O)N(CC(=O)Nc1ccc(F)cc1)C(C)C)C1CNC1.Cl. The molecular weight excluding hydrogens is 333 g/mol. The second-order valence-electron chi connectivity index (χ2n) is 6.32. The van der Waals surface area contributed by atoms with Gasteiger partial charge in [0.25, 0.3) is 0 Å². The molecule has 134 valence electrons. The number of anilines is 1. The first-order valence-electron chi connectivity index (χ1n) is 7.95. The zero-order chi connectivity index (χ0) is 17.0. The molecule has 5 nitrogen and oxygen atoms in total. The number of carbonyl (C=O) groups is 2. The van der Waals surface area contributed by atoms with Crippen LogP contribution in [0.3, 0.4) is 0 Å². The highest BCUT2D eigenvalue weighted by Gasteiger charge is 2.33. The average Bonchev–Trinajstić information content (AvgIpc) is 2.44. The standard InChI is InChI=1S/C17H24FN3O2.ClH/c1-11(2)21(17(23)12(3)13-8-19-9-13)10-16(22)20-15-6-4-14(18)5-7-15;/h4-7,11-13,19H,8-10H2,1-3H3,(H,20,22);1H. The van der Waals surface area contributed by atoms with Crippen LogP contribution in [0.2, 0.25) is 0 Å². The van der Waals surface area contributed by atoms with Crippen LogP contribution in [0.15, 0.2) is 24.3 Å². The Morgan fingerprint density at radius 2 is 1.83 bits per heavy atom. The maximum absolute atomic E-state index is 12.9. The molecular formula is C17H25ClFN3O2. The van der Waals surface area contributed by atoms with Crippen molar-refractivity contribution in [1.82, 2.24) is 10.2 Å². The van der Waals surface area contributed by atoms with E-state index in [4.69, 9.17) is 0 Å². The highest BCUT2D eigenvalue weighted by atomic mass is 35.5. The Hall–Kier alpha value is -1.66. The highest BCUT2D eigenvalue weighted by Crippen LogP contribution is 2.19. The van der Waals surface area contributed by atoms with Crippen molar-refractivity contribution in [3.05, 3.63) is 30.1 Å². The van der Waals surface area contributed by atoms with E-state index in [2.05, 4.69) is 10.6 Å². The summed E-state index contributed by atoms with van der Waals surface area (Å²) >= 11 is 0. The van der Waals surface area contributed by atoms with E-state index in [-0.39, 0.29) is 48.5 Å². The summed E-state index contributed by atoms with van der Waals surface area (Å²) in [4.78, 5) is 26.4. The molecule has 0 aliphatic carbocycles. The van der Waals surface area contributed by atoms with Crippen molar-refractivity contribution >= 4 is 29.9 Å². The normalized spacial score (nSPS) is 15.2. The van der Waals surface area contributed by atoms with Gasteiger partial charge in [0.2, 0.25) is 11.8 Å². The van der Waals surface area contributed by atoms with Crippen molar-refractivity contribution < 1.29 is 14.0 Å². The van der Waals surface area contributed by atoms with E-state index in [0.717, 1.165) is 13.1 Å². The Bertz CT molecular complexity index is 561.